The van der Waals surface area contributed by atoms with Crippen LogP contribution in [0.4, 0.5) is 0 Å². The fourth-order valence-corrected chi connectivity index (χ4v) is 7.85. The molecule has 4 atom stereocenters. The maximum atomic E-state index is 14.4. The van der Waals surface area contributed by atoms with E-state index < -0.39 is 22.7 Å². The summed E-state index contributed by atoms with van der Waals surface area (Å²) >= 11 is 0. The van der Waals surface area contributed by atoms with Crippen LogP contribution in [-0.2, 0) is 14.4 Å². The Kier molecular flexibility index (Phi) is 4.74. The molecule has 3 fully saturated rings. The fraction of sp³-hybridized carbons (Fsp3) is 0.433. The molecule has 0 aromatic heterocycles. The molecule has 4 nitrogen and oxygen atoms in total. The van der Waals surface area contributed by atoms with E-state index in [1.165, 1.54) is 0 Å². The van der Waals surface area contributed by atoms with Gasteiger partial charge in [-0.25, -0.2) is 0 Å². The lowest BCUT2D eigenvalue weighted by molar-refractivity contribution is -0.148. The molecule has 1 saturated heterocycles. The molecular formula is C30H31NO3. The number of rotatable bonds is 4. The highest BCUT2D eigenvalue weighted by Crippen LogP contribution is 2.74. The summed E-state index contributed by atoms with van der Waals surface area (Å²) in [6, 6.07) is 20.0. The number of amides is 2. The number of Topliss-reactive ketones (excluding diaryl/α,β-unsaturated/α-hetero) is 1. The van der Waals surface area contributed by atoms with Gasteiger partial charge in [0, 0.05) is 6.04 Å². The van der Waals surface area contributed by atoms with E-state index in [4.69, 9.17) is 0 Å². The van der Waals surface area contributed by atoms with E-state index in [-0.39, 0.29) is 23.6 Å². The molecule has 3 aliphatic carbocycles. The highest BCUT2D eigenvalue weighted by atomic mass is 16.2. The monoisotopic (exact) mass is 453 g/mol. The number of benzene rings is 2. The molecule has 174 valence electrons. The minimum atomic E-state index is -1.01. The first-order valence-electron chi connectivity index (χ1n) is 12.8. The molecule has 2 bridgehead atoms. The van der Waals surface area contributed by atoms with E-state index in [1.54, 1.807) is 4.90 Å². The Labute approximate surface area is 201 Å². The zero-order valence-electron chi connectivity index (χ0n) is 19.9. The molecule has 0 spiro atoms. The van der Waals surface area contributed by atoms with E-state index >= 15 is 0 Å². The summed E-state index contributed by atoms with van der Waals surface area (Å²) in [6.07, 6.45) is 5.54. The predicted molar refractivity (Wildman–Crippen MR) is 131 cm³/mol. The van der Waals surface area contributed by atoms with Crippen molar-refractivity contribution in [1.29, 1.82) is 0 Å². The summed E-state index contributed by atoms with van der Waals surface area (Å²) in [7, 11) is 0. The van der Waals surface area contributed by atoms with Crippen LogP contribution in [-0.4, -0.2) is 28.5 Å². The minimum absolute atomic E-state index is 0.0216. The van der Waals surface area contributed by atoms with Crippen molar-refractivity contribution in [3.05, 3.63) is 71.8 Å². The summed E-state index contributed by atoms with van der Waals surface area (Å²) in [6.45, 7) is 3.96. The number of allylic oxidation sites excluding steroid dienone is 2. The van der Waals surface area contributed by atoms with Crippen LogP contribution >= 0.6 is 0 Å². The summed E-state index contributed by atoms with van der Waals surface area (Å²) in [4.78, 5) is 44.2. The SMILES string of the molecule is CC[C@@]12C(=O)[C@@](C)(C(c3ccccc3)=C1c1ccccc1)[C@@H]1C(=O)N(C3CCCCC3)C(=O)[C@@H]12. The lowest BCUT2D eigenvalue weighted by Gasteiger charge is -2.37. The van der Waals surface area contributed by atoms with Gasteiger partial charge in [0.1, 0.15) is 0 Å². The Bertz CT molecular complexity index is 1210. The zero-order valence-corrected chi connectivity index (χ0v) is 19.9. The van der Waals surface area contributed by atoms with Gasteiger partial charge in [0.25, 0.3) is 0 Å². The molecule has 2 amide bonds. The van der Waals surface area contributed by atoms with Crippen LogP contribution in [0.5, 0.6) is 0 Å². The van der Waals surface area contributed by atoms with E-state index in [9.17, 15) is 14.4 Å². The molecule has 2 aromatic carbocycles. The molecule has 4 heteroatoms. The van der Waals surface area contributed by atoms with E-state index in [0.717, 1.165) is 54.4 Å². The first-order chi connectivity index (χ1) is 16.5. The zero-order chi connectivity index (χ0) is 23.7. The van der Waals surface area contributed by atoms with Gasteiger partial charge in [-0.05, 0) is 48.5 Å². The van der Waals surface area contributed by atoms with Gasteiger partial charge in [0.15, 0.2) is 5.78 Å². The highest BCUT2D eigenvalue weighted by molar-refractivity contribution is 6.29. The smallest absolute Gasteiger partial charge is 0.234 e. The second-order valence-corrected chi connectivity index (χ2v) is 10.6. The number of ketones is 1. The van der Waals surface area contributed by atoms with E-state index in [2.05, 4.69) is 0 Å². The Morgan fingerprint density at radius 3 is 1.85 bits per heavy atom. The number of carbonyl (C=O) groups excluding carboxylic acids is 3. The summed E-state index contributed by atoms with van der Waals surface area (Å²) in [5, 5.41) is 0. The molecule has 1 aliphatic heterocycles. The fourth-order valence-electron chi connectivity index (χ4n) is 7.85. The second-order valence-electron chi connectivity index (χ2n) is 10.6. The lowest BCUT2D eigenvalue weighted by Crippen LogP contribution is -2.46. The van der Waals surface area contributed by atoms with E-state index in [0.29, 0.717) is 6.42 Å². The van der Waals surface area contributed by atoms with Crippen LogP contribution in [0.15, 0.2) is 60.7 Å². The van der Waals surface area contributed by atoms with Gasteiger partial charge < -0.3 is 0 Å². The van der Waals surface area contributed by atoms with Gasteiger partial charge in [-0.1, -0.05) is 86.8 Å². The topological polar surface area (TPSA) is 54.5 Å². The summed E-state index contributed by atoms with van der Waals surface area (Å²) in [5.74, 6) is -1.39. The van der Waals surface area contributed by atoms with Crippen molar-refractivity contribution in [2.45, 2.75) is 58.4 Å². The second kappa shape index (κ2) is 7.49. The summed E-state index contributed by atoms with van der Waals surface area (Å²) in [5.41, 5.74) is 1.88. The standard InChI is InChI=1S/C30H31NO3/c1-3-30-23(20-15-9-5-10-16-20)22(19-13-7-4-8-14-19)29(2,28(30)34)24-25(30)27(33)31(26(24)32)21-17-11-6-12-18-21/h4-5,7-10,13-16,21,24-25H,3,6,11-12,17-18H2,1-2H3/t24-,25+,29-,30+/m0/s1. The maximum absolute atomic E-state index is 14.4. The van der Waals surface area contributed by atoms with Gasteiger partial charge in [0.2, 0.25) is 11.8 Å². The van der Waals surface area contributed by atoms with Crippen molar-refractivity contribution in [2.75, 3.05) is 0 Å². The quantitative estimate of drug-likeness (QED) is 0.572. The van der Waals surface area contributed by atoms with Crippen molar-refractivity contribution >= 4 is 28.7 Å². The number of fused-ring (bicyclic) bond motifs is 5. The number of likely N-dealkylation sites (tertiary alicyclic amines) is 1. The number of nitrogens with zero attached hydrogens (tertiary/aromatic N) is 1. The van der Waals surface area contributed by atoms with Crippen molar-refractivity contribution in [1.82, 2.24) is 4.90 Å². The molecule has 1 heterocycles. The van der Waals surface area contributed by atoms with E-state index in [1.807, 2.05) is 74.5 Å². The largest absolute Gasteiger partial charge is 0.298 e. The molecular weight excluding hydrogens is 422 g/mol. The first-order valence-corrected chi connectivity index (χ1v) is 12.8. The maximum Gasteiger partial charge on any atom is 0.234 e. The number of hydrogen-bond acceptors (Lipinski definition) is 3. The van der Waals surface area contributed by atoms with Crippen LogP contribution < -0.4 is 0 Å². The lowest BCUT2D eigenvalue weighted by atomic mass is 9.61. The molecule has 6 rings (SSSR count). The van der Waals surface area contributed by atoms with Crippen LogP contribution in [0.2, 0.25) is 0 Å². The molecule has 0 unspecified atom stereocenters. The molecule has 0 radical (unpaired) electrons. The van der Waals surface area contributed by atoms with Crippen molar-refractivity contribution in [3.8, 4) is 0 Å². The highest BCUT2D eigenvalue weighted by Gasteiger charge is 2.79. The van der Waals surface area contributed by atoms with Gasteiger partial charge in [0.05, 0.1) is 22.7 Å². The van der Waals surface area contributed by atoms with Crippen molar-refractivity contribution in [3.63, 3.8) is 0 Å². The number of imide groups is 1. The summed E-state index contributed by atoms with van der Waals surface area (Å²) < 4.78 is 0. The average Bonchev–Trinajstić information content (AvgIpc) is 3.35. The van der Waals surface area contributed by atoms with Gasteiger partial charge in [-0.2, -0.15) is 0 Å². The molecule has 2 saturated carbocycles. The van der Waals surface area contributed by atoms with Gasteiger partial charge in [-0.3, -0.25) is 19.3 Å². The predicted octanol–water partition coefficient (Wildman–Crippen LogP) is 5.53. The normalized spacial score (nSPS) is 33.2. The molecule has 2 aromatic rings. The number of hydrogen-bond donors (Lipinski definition) is 0. The van der Waals surface area contributed by atoms with Crippen molar-refractivity contribution < 1.29 is 14.4 Å². The van der Waals surface area contributed by atoms with Crippen LogP contribution in [0.1, 0.15) is 63.5 Å². The van der Waals surface area contributed by atoms with Crippen LogP contribution in [0.25, 0.3) is 11.1 Å². The third kappa shape index (κ3) is 2.46. The molecule has 4 aliphatic rings. The Hall–Kier alpha value is -3.01. The molecule has 0 N–H and O–H groups in total. The van der Waals surface area contributed by atoms with Crippen LogP contribution in [0.3, 0.4) is 0 Å². The number of carbonyl (C=O) groups is 3. The van der Waals surface area contributed by atoms with Crippen molar-refractivity contribution in [2.24, 2.45) is 22.7 Å². The van der Waals surface area contributed by atoms with Crippen LogP contribution in [0, 0.1) is 22.7 Å². The Balaban J connectivity index is 1.61. The molecule has 34 heavy (non-hydrogen) atoms. The van der Waals surface area contributed by atoms with Gasteiger partial charge >= 0.3 is 0 Å². The van der Waals surface area contributed by atoms with Gasteiger partial charge in [-0.15, -0.1) is 0 Å². The Morgan fingerprint density at radius 1 is 0.765 bits per heavy atom. The third-order valence-corrected chi connectivity index (χ3v) is 9.21. The first kappa shape index (κ1) is 21.5. The third-order valence-electron chi connectivity index (χ3n) is 9.21. The average molecular weight is 454 g/mol. The minimum Gasteiger partial charge on any atom is -0.298 e. The Morgan fingerprint density at radius 2 is 1.29 bits per heavy atom.